The first kappa shape index (κ1) is 13.8. The number of hydrogen-bond donors (Lipinski definition) is 2. The molecule has 2 atom stereocenters. The first-order valence-electron chi connectivity index (χ1n) is 7.17. The van der Waals surface area contributed by atoms with Gasteiger partial charge in [0.2, 0.25) is 5.91 Å². The molecular formula is C14H25NO3. The largest absolute Gasteiger partial charge is 0.388 e. The molecule has 1 saturated heterocycles. The molecule has 4 heteroatoms. The van der Waals surface area contributed by atoms with Crippen molar-refractivity contribution >= 4 is 5.91 Å². The van der Waals surface area contributed by atoms with Gasteiger partial charge in [-0.15, -0.1) is 0 Å². The van der Waals surface area contributed by atoms with E-state index in [1.54, 1.807) is 0 Å². The summed E-state index contributed by atoms with van der Waals surface area (Å²) in [6.45, 7) is 3.94. The van der Waals surface area contributed by atoms with E-state index in [0.29, 0.717) is 25.7 Å². The zero-order valence-electron chi connectivity index (χ0n) is 11.3. The minimum Gasteiger partial charge on any atom is -0.388 e. The van der Waals surface area contributed by atoms with Gasteiger partial charge in [-0.25, -0.2) is 0 Å². The second-order valence-electron chi connectivity index (χ2n) is 6.03. The van der Waals surface area contributed by atoms with E-state index in [4.69, 9.17) is 4.74 Å². The molecule has 0 bridgehead atoms. The number of amides is 1. The fraction of sp³-hybridized carbons (Fsp3) is 0.929. The van der Waals surface area contributed by atoms with Crippen molar-refractivity contribution in [2.24, 2.45) is 11.8 Å². The lowest BCUT2D eigenvalue weighted by atomic mass is 9.79. The highest BCUT2D eigenvalue weighted by atomic mass is 16.5. The molecule has 0 aromatic heterocycles. The Bertz CT molecular complexity index is 289. The van der Waals surface area contributed by atoms with E-state index in [9.17, 15) is 9.90 Å². The minimum atomic E-state index is -0.682. The topological polar surface area (TPSA) is 58.6 Å². The Hall–Kier alpha value is -0.610. The third-order valence-electron chi connectivity index (χ3n) is 4.25. The van der Waals surface area contributed by atoms with Crippen LogP contribution in [0.2, 0.25) is 0 Å². The number of carbonyl (C=O) groups is 1. The Kier molecular flexibility index (Phi) is 4.62. The zero-order valence-corrected chi connectivity index (χ0v) is 11.3. The summed E-state index contributed by atoms with van der Waals surface area (Å²) in [4.78, 5) is 12.0. The normalized spacial score (nSPS) is 34.2. The number of aliphatic hydroxyl groups is 1. The van der Waals surface area contributed by atoms with E-state index in [2.05, 4.69) is 12.2 Å². The van der Waals surface area contributed by atoms with E-state index in [-0.39, 0.29) is 11.8 Å². The van der Waals surface area contributed by atoms with Crippen LogP contribution in [0.15, 0.2) is 0 Å². The average Bonchev–Trinajstić information content (AvgIpc) is 2.37. The Morgan fingerprint density at radius 3 is 2.78 bits per heavy atom. The number of hydrogen-bond acceptors (Lipinski definition) is 3. The quantitative estimate of drug-likeness (QED) is 0.803. The molecule has 1 heterocycles. The summed E-state index contributed by atoms with van der Waals surface area (Å²) in [6.07, 6.45) is 5.48. The number of nitrogens with one attached hydrogen (secondary N) is 1. The van der Waals surface area contributed by atoms with E-state index in [0.717, 1.165) is 32.1 Å². The smallest absolute Gasteiger partial charge is 0.223 e. The van der Waals surface area contributed by atoms with Crippen LogP contribution in [0.1, 0.15) is 45.4 Å². The third kappa shape index (κ3) is 3.69. The van der Waals surface area contributed by atoms with Gasteiger partial charge >= 0.3 is 0 Å². The first-order valence-corrected chi connectivity index (χ1v) is 7.17. The van der Waals surface area contributed by atoms with Gasteiger partial charge in [-0.2, -0.15) is 0 Å². The summed E-state index contributed by atoms with van der Waals surface area (Å²) >= 11 is 0. The maximum Gasteiger partial charge on any atom is 0.223 e. The number of ether oxygens (including phenoxy) is 1. The highest BCUT2D eigenvalue weighted by Crippen LogP contribution is 2.31. The lowest BCUT2D eigenvalue weighted by Gasteiger charge is -2.36. The fourth-order valence-corrected chi connectivity index (χ4v) is 3.15. The summed E-state index contributed by atoms with van der Waals surface area (Å²) < 4.78 is 5.25. The van der Waals surface area contributed by atoms with Crippen LogP contribution in [-0.2, 0) is 9.53 Å². The molecule has 4 nitrogen and oxygen atoms in total. The SMILES string of the molecule is CC1CCCC(O)(CNC(=O)C2CCOCC2)C1. The Morgan fingerprint density at radius 1 is 1.39 bits per heavy atom. The van der Waals surface area contributed by atoms with E-state index in [1.807, 2.05) is 0 Å². The van der Waals surface area contributed by atoms with Crippen LogP contribution in [0.3, 0.4) is 0 Å². The van der Waals surface area contributed by atoms with Gasteiger partial charge in [0.15, 0.2) is 0 Å². The molecule has 1 saturated carbocycles. The van der Waals surface area contributed by atoms with Gasteiger partial charge in [-0.3, -0.25) is 4.79 Å². The van der Waals surface area contributed by atoms with Crippen molar-refractivity contribution < 1.29 is 14.6 Å². The molecule has 2 N–H and O–H groups in total. The summed E-state index contributed by atoms with van der Waals surface area (Å²) in [7, 11) is 0. The Balaban J connectivity index is 1.77. The molecule has 104 valence electrons. The molecule has 18 heavy (non-hydrogen) atoms. The lowest BCUT2D eigenvalue weighted by Crippen LogP contribution is -2.47. The van der Waals surface area contributed by atoms with Crippen molar-refractivity contribution in [2.45, 2.75) is 51.0 Å². The molecule has 1 amide bonds. The maximum absolute atomic E-state index is 12.0. The summed E-state index contributed by atoms with van der Waals surface area (Å²) in [6, 6.07) is 0. The van der Waals surface area contributed by atoms with Crippen LogP contribution in [0.4, 0.5) is 0 Å². The molecular weight excluding hydrogens is 230 g/mol. The van der Waals surface area contributed by atoms with Crippen LogP contribution in [0.5, 0.6) is 0 Å². The lowest BCUT2D eigenvalue weighted by molar-refractivity contribution is -0.129. The van der Waals surface area contributed by atoms with Crippen LogP contribution >= 0.6 is 0 Å². The van der Waals surface area contributed by atoms with Gasteiger partial charge < -0.3 is 15.2 Å². The van der Waals surface area contributed by atoms with Crippen LogP contribution in [-0.4, -0.2) is 36.4 Å². The van der Waals surface area contributed by atoms with E-state index in [1.165, 1.54) is 6.42 Å². The Morgan fingerprint density at radius 2 is 2.11 bits per heavy atom. The second-order valence-corrected chi connectivity index (χ2v) is 6.03. The van der Waals surface area contributed by atoms with Crippen molar-refractivity contribution in [3.8, 4) is 0 Å². The molecule has 1 aliphatic carbocycles. The first-order chi connectivity index (χ1) is 8.59. The molecule has 0 aromatic rings. The summed E-state index contributed by atoms with van der Waals surface area (Å²) in [5.74, 6) is 0.719. The molecule has 0 spiro atoms. The fourth-order valence-electron chi connectivity index (χ4n) is 3.15. The molecule has 2 aliphatic rings. The standard InChI is InChI=1S/C14H25NO3/c1-11-3-2-6-14(17,9-11)10-15-13(16)12-4-7-18-8-5-12/h11-12,17H,2-10H2,1H3,(H,15,16). The highest BCUT2D eigenvalue weighted by Gasteiger charge is 2.33. The van der Waals surface area contributed by atoms with Crippen molar-refractivity contribution in [2.75, 3.05) is 19.8 Å². The maximum atomic E-state index is 12.0. The second kappa shape index (κ2) is 6.02. The summed E-state index contributed by atoms with van der Waals surface area (Å²) in [5.41, 5.74) is -0.682. The van der Waals surface area contributed by atoms with Crippen molar-refractivity contribution in [1.82, 2.24) is 5.32 Å². The van der Waals surface area contributed by atoms with Crippen molar-refractivity contribution in [3.05, 3.63) is 0 Å². The number of carbonyl (C=O) groups excluding carboxylic acids is 1. The molecule has 0 aromatic carbocycles. The molecule has 1 aliphatic heterocycles. The molecule has 2 rings (SSSR count). The zero-order chi connectivity index (χ0) is 13.0. The highest BCUT2D eigenvalue weighted by molar-refractivity contribution is 5.78. The molecule has 2 fully saturated rings. The van der Waals surface area contributed by atoms with Gasteiger partial charge in [0.1, 0.15) is 0 Å². The predicted octanol–water partition coefficient (Wildman–Crippen LogP) is 1.47. The van der Waals surface area contributed by atoms with Gasteiger partial charge in [-0.1, -0.05) is 19.8 Å². The summed E-state index contributed by atoms with van der Waals surface area (Å²) in [5, 5.41) is 13.4. The van der Waals surface area contributed by atoms with E-state index >= 15 is 0 Å². The van der Waals surface area contributed by atoms with Gasteiger partial charge in [0.05, 0.1) is 5.60 Å². The average molecular weight is 255 g/mol. The van der Waals surface area contributed by atoms with Crippen LogP contribution in [0, 0.1) is 11.8 Å². The Labute approximate surface area is 109 Å². The van der Waals surface area contributed by atoms with Gasteiger partial charge in [0.25, 0.3) is 0 Å². The molecule has 2 unspecified atom stereocenters. The monoisotopic (exact) mass is 255 g/mol. The van der Waals surface area contributed by atoms with Crippen molar-refractivity contribution in [3.63, 3.8) is 0 Å². The van der Waals surface area contributed by atoms with Crippen molar-refractivity contribution in [1.29, 1.82) is 0 Å². The third-order valence-corrected chi connectivity index (χ3v) is 4.25. The van der Waals surface area contributed by atoms with E-state index < -0.39 is 5.60 Å². The molecule has 0 radical (unpaired) electrons. The predicted molar refractivity (Wildman–Crippen MR) is 69.1 cm³/mol. The van der Waals surface area contributed by atoms with Crippen LogP contribution in [0.25, 0.3) is 0 Å². The number of rotatable bonds is 3. The van der Waals surface area contributed by atoms with Gasteiger partial charge in [0, 0.05) is 25.7 Å². The van der Waals surface area contributed by atoms with Gasteiger partial charge in [-0.05, 0) is 31.6 Å². The minimum absolute atomic E-state index is 0.0726. The van der Waals surface area contributed by atoms with Crippen LogP contribution < -0.4 is 5.32 Å².